The van der Waals surface area contributed by atoms with Gasteiger partial charge in [0, 0.05) is 6.20 Å². The maximum Gasteiger partial charge on any atom is 0.340 e. The lowest BCUT2D eigenvalue weighted by molar-refractivity contribution is 0.0475. The standard InChI is InChI=1S/C16H14N2O3/c19-16(21-11-12-6-2-1-3-7-12)13-10-15(17-20)18-9-5-4-8-14(13)18/h1-10,17,20H,11H2. The number of nitrogens with zero attached hydrogens (tertiary/aromatic N) is 1. The maximum atomic E-state index is 12.2. The minimum absolute atomic E-state index is 0.214. The number of nitrogens with one attached hydrogen (secondary N) is 1. The predicted octanol–water partition coefficient (Wildman–Crippen LogP) is 3.10. The Balaban J connectivity index is 1.85. The number of hydrogen-bond acceptors (Lipinski definition) is 4. The molecule has 0 aliphatic carbocycles. The maximum absolute atomic E-state index is 12.2. The Kier molecular flexibility index (Phi) is 3.57. The molecule has 0 spiro atoms. The minimum Gasteiger partial charge on any atom is -0.457 e. The number of rotatable bonds is 4. The Hall–Kier alpha value is -2.79. The van der Waals surface area contributed by atoms with Gasteiger partial charge >= 0.3 is 5.97 Å². The van der Waals surface area contributed by atoms with Gasteiger partial charge in [0.25, 0.3) is 0 Å². The molecule has 0 aliphatic heterocycles. The van der Waals surface area contributed by atoms with Gasteiger partial charge < -0.3 is 9.14 Å². The number of pyridine rings is 1. The van der Waals surface area contributed by atoms with E-state index in [9.17, 15) is 4.79 Å². The van der Waals surface area contributed by atoms with E-state index in [1.807, 2.05) is 42.5 Å². The molecule has 21 heavy (non-hydrogen) atoms. The van der Waals surface area contributed by atoms with Crippen molar-refractivity contribution in [1.82, 2.24) is 4.40 Å². The number of hydrogen-bond donors (Lipinski definition) is 2. The number of aromatic nitrogens is 1. The molecule has 1 aromatic carbocycles. The Bertz CT molecular complexity index is 766. The largest absolute Gasteiger partial charge is 0.457 e. The van der Waals surface area contributed by atoms with E-state index in [-0.39, 0.29) is 6.61 Å². The SMILES string of the molecule is O=C(OCc1ccccc1)c1cc(NO)n2ccccc12. The van der Waals surface area contributed by atoms with Crippen molar-refractivity contribution in [2.45, 2.75) is 6.61 Å². The first-order valence-electron chi connectivity index (χ1n) is 6.51. The lowest BCUT2D eigenvalue weighted by atomic mass is 10.2. The van der Waals surface area contributed by atoms with Crippen LogP contribution in [0.25, 0.3) is 5.52 Å². The molecule has 0 unspecified atom stereocenters. The van der Waals surface area contributed by atoms with Crippen molar-refractivity contribution in [3.05, 3.63) is 71.9 Å². The third-order valence-corrected chi connectivity index (χ3v) is 3.22. The van der Waals surface area contributed by atoms with Crippen LogP contribution < -0.4 is 5.48 Å². The zero-order valence-corrected chi connectivity index (χ0v) is 11.2. The van der Waals surface area contributed by atoms with Crippen LogP contribution in [0, 0.1) is 0 Å². The van der Waals surface area contributed by atoms with Crippen LogP contribution in [-0.4, -0.2) is 15.6 Å². The van der Waals surface area contributed by atoms with Crippen molar-refractivity contribution in [2.24, 2.45) is 0 Å². The number of anilines is 1. The summed E-state index contributed by atoms with van der Waals surface area (Å²) in [7, 11) is 0. The molecule has 0 aliphatic rings. The smallest absolute Gasteiger partial charge is 0.340 e. The van der Waals surface area contributed by atoms with Crippen LogP contribution in [0.4, 0.5) is 5.82 Å². The van der Waals surface area contributed by atoms with Gasteiger partial charge in [-0.15, -0.1) is 0 Å². The second-order valence-corrected chi connectivity index (χ2v) is 4.57. The molecule has 5 heteroatoms. The highest BCUT2D eigenvalue weighted by Crippen LogP contribution is 2.21. The highest BCUT2D eigenvalue weighted by atomic mass is 16.5. The second kappa shape index (κ2) is 5.68. The van der Waals surface area contributed by atoms with Crippen molar-refractivity contribution in [2.75, 3.05) is 5.48 Å². The molecule has 2 N–H and O–H groups in total. The topological polar surface area (TPSA) is 63.0 Å². The molecule has 3 aromatic rings. The summed E-state index contributed by atoms with van der Waals surface area (Å²) >= 11 is 0. The van der Waals surface area contributed by atoms with Crippen molar-refractivity contribution < 1.29 is 14.7 Å². The lowest BCUT2D eigenvalue weighted by Gasteiger charge is -2.04. The van der Waals surface area contributed by atoms with Crippen LogP contribution in [-0.2, 0) is 11.3 Å². The zero-order valence-electron chi connectivity index (χ0n) is 11.2. The summed E-state index contributed by atoms with van der Waals surface area (Å²) in [6.45, 7) is 0.214. The average molecular weight is 282 g/mol. The van der Waals surface area contributed by atoms with E-state index in [4.69, 9.17) is 9.94 Å². The number of ether oxygens (including phenoxy) is 1. The summed E-state index contributed by atoms with van der Waals surface area (Å²) < 4.78 is 7.00. The van der Waals surface area contributed by atoms with Gasteiger partial charge in [-0.05, 0) is 23.8 Å². The molecule has 106 valence electrons. The quantitative estimate of drug-likeness (QED) is 0.570. The molecule has 3 rings (SSSR count). The van der Waals surface area contributed by atoms with Crippen molar-refractivity contribution >= 4 is 17.3 Å². The summed E-state index contributed by atoms with van der Waals surface area (Å²) in [6.07, 6.45) is 1.75. The third-order valence-electron chi connectivity index (χ3n) is 3.22. The van der Waals surface area contributed by atoms with E-state index in [1.54, 1.807) is 22.7 Å². The Morgan fingerprint density at radius 3 is 2.67 bits per heavy atom. The zero-order chi connectivity index (χ0) is 14.7. The van der Waals surface area contributed by atoms with Crippen LogP contribution >= 0.6 is 0 Å². The van der Waals surface area contributed by atoms with E-state index < -0.39 is 5.97 Å². The molecule has 0 saturated heterocycles. The number of benzene rings is 1. The number of esters is 1. The number of fused-ring (bicyclic) bond motifs is 1. The van der Waals surface area contributed by atoms with Gasteiger partial charge in [-0.2, -0.15) is 0 Å². The molecule has 0 fully saturated rings. The van der Waals surface area contributed by atoms with E-state index in [0.29, 0.717) is 16.9 Å². The minimum atomic E-state index is -0.427. The van der Waals surface area contributed by atoms with E-state index in [0.717, 1.165) is 5.56 Å². The van der Waals surface area contributed by atoms with E-state index >= 15 is 0 Å². The molecular weight excluding hydrogens is 268 g/mol. The van der Waals surface area contributed by atoms with Gasteiger partial charge in [-0.25, -0.2) is 4.79 Å². The van der Waals surface area contributed by atoms with Gasteiger partial charge in [0.2, 0.25) is 0 Å². The summed E-state index contributed by atoms with van der Waals surface area (Å²) in [5.41, 5.74) is 4.08. The summed E-state index contributed by atoms with van der Waals surface area (Å²) in [5.74, 6) is -0.0127. The predicted molar refractivity (Wildman–Crippen MR) is 78.4 cm³/mol. The second-order valence-electron chi connectivity index (χ2n) is 4.57. The van der Waals surface area contributed by atoms with Gasteiger partial charge in [-0.1, -0.05) is 36.4 Å². The monoisotopic (exact) mass is 282 g/mol. The fourth-order valence-electron chi connectivity index (χ4n) is 2.20. The van der Waals surface area contributed by atoms with Crippen LogP contribution in [0.2, 0.25) is 0 Å². The first-order valence-corrected chi connectivity index (χ1v) is 6.51. The summed E-state index contributed by atoms with van der Waals surface area (Å²) in [6, 6.07) is 16.5. The normalized spacial score (nSPS) is 10.5. The summed E-state index contributed by atoms with van der Waals surface area (Å²) in [4.78, 5) is 12.2. The lowest BCUT2D eigenvalue weighted by Crippen LogP contribution is -2.04. The Morgan fingerprint density at radius 1 is 1.14 bits per heavy atom. The molecule has 0 bridgehead atoms. The van der Waals surface area contributed by atoms with Crippen LogP contribution in [0.5, 0.6) is 0 Å². The molecule has 0 atom stereocenters. The van der Waals surface area contributed by atoms with Gasteiger partial charge in [-0.3, -0.25) is 10.7 Å². The fourth-order valence-corrected chi connectivity index (χ4v) is 2.20. The first kappa shape index (κ1) is 13.2. The highest BCUT2D eigenvalue weighted by molar-refractivity contribution is 5.98. The Labute approximate surface area is 121 Å². The molecule has 2 heterocycles. The highest BCUT2D eigenvalue weighted by Gasteiger charge is 2.16. The fraction of sp³-hybridized carbons (Fsp3) is 0.0625. The van der Waals surface area contributed by atoms with E-state index in [1.165, 1.54) is 0 Å². The van der Waals surface area contributed by atoms with Crippen molar-refractivity contribution in [1.29, 1.82) is 0 Å². The van der Waals surface area contributed by atoms with Crippen LogP contribution in [0.3, 0.4) is 0 Å². The van der Waals surface area contributed by atoms with Crippen LogP contribution in [0.15, 0.2) is 60.8 Å². The van der Waals surface area contributed by atoms with Gasteiger partial charge in [0.05, 0.1) is 11.1 Å². The van der Waals surface area contributed by atoms with Gasteiger partial charge in [0.1, 0.15) is 12.4 Å². The molecule has 0 radical (unpaired) electrons. The molecular formula is C16H14N2O3. The van der Waals surface area contributed by atoms with Crippen LogP contribution in [0.1, 0.15) is 15.9 Å². The molecule has 0 saturated carbocycles. The molecule has 0 amide bonds. The number of carbonyl (C=O) groups excluding carboxylic acids is 1. The van der Waals surface area contributed by atoms with Crippen molar-refractivity contribution in [3.8, 4) is 0 Å². The third kappa shape index (κ3) is 2.59. The average Bonchev–Trinajstić information content (AvgIpc) is 2.92. The molecule has 2 aromatic heterocycles. The van der Waals surface area contributed by atoms with Gasteiger partial charge in [0.15, 0.2) is 0 Å². The van der Waals surface area contributed by atoms with Crippen molar-refractivity contribution in [3.63, 3.8) is 0 Å². The molecule has 5 nitrogen and oxygen atoms in total. The van der Waals surface area contributed by atoms with E-state index in [2.05, 4.69) is 5.48 Å². The first-order chi connectivity index (χ1) is 10.3. The Morgan fingerprint density at radius 2 is 1.90 bits per heavy atom. The summed E-state index contributed by atoms with van der Waals surface area (Å²) in [5, 5.41) is 9.12. The number of carbonyl (C=O) groups is 1.